The molecule has 0 amide bonds. The first-order valence-electron chi connectivity index (χ1n) is 5.25. The normalized spacial score (nSPS) is 15.1. The van der Waals surface area contributed by atoms with E-state index in [1.165, 1.54) is 5.56 Å². The van der Waals surface area contributed by atoms with E-state index >= 15 is 0 Å². The van der Waals surface area contributed by atoms with Crippen molar-refractivity contribution in [3.63, 3.8) is 0 Å². The number of benzene rings is 1. The van der Waals surface area contributed by atoms with Gasteiger partial charge in [0.2, 0.25) is 0 Å². The zero-order chi connectivity index (χ0) is 10.4. The molecule has 1 radical (unpaired) electrons. The monoisotopic (exact) mass is 191 g/mol. The van der Waals surface area contributed by atoms with Crippen LogP contribution in [0.3, 0.4) is 0 Å². The van der Waals surface area contributed by atoms with Gasteiger partial charge in [-0.3, -0.25) is 0 Å². The maximum atomic E-state index is 9.74. The van der Waals surface area contributed by atoms with Crippen molar-refractivity contribution in [2.24, 2.45) is 5.92 Å². The summed E-state index contributed by atoms with van der Waals surface area (Å²) in [5.74, 6) is 0.319. The number of aliphatic hydroxyl groups excluding tert-OH is 1. The van der Waals surface area contributed by atoms with Crippen LogP contribution >= 0.6 is 0 Å². The molecular formula is C13H19O. The van der Waals surface area contributed by atoms with Gasteiger partial charge < -0.3 is 5.11 Å². The van der Waals surface area contributed by atoms with E-state index in [0.29, 0.717) is 5.92 Å². The highest BCUT2D eigenvalue weighted by Crippen LogP contribution is 2.14. The molecule has 0 saturated heterocycles. The highest BCUT2D eigenvalue weighted by atomic mass is 16.3. The van der Waals surface area contributed by atoms with E-state index in [9.17, 15) is 5.11 Å². The summed E-state index contributed by atoms with van der Waals surface area (Å²) >= 11 is 0. The van der Waals surface area contributed by atoms with Gasteiger partial charge in [-0.15, -0.1) is 0 Å². The topological polar surface area (TPSA) is 20.2 Å². The van der Waals surface area contributed by atoms with E-state index in [4.69, 9.17) is 0 Å². The molecule has 0 fully saturated rings. The molecule has 0 spiro atoms. The predicted octanol–water partition coefficient (Wildman–Crippen LogP) is 2.84. The lowest BCUT2D eigenvalue weighted by atomic mass is 9.93. The van der Waals surface area contributed by atoms with Crippen LogP contribution in [-0.2, 0) is 6.42 Å². The van der Waals surface area contributed by atoms with Crippen molar-refractivity contribution in [2.45, 2.75) is 32.3 Å². The Labute approximate surface area is 86.8 Å². The van der Waals surface area contributed by atoms with Crippen LogP contribution in [-0.4, -0.2) is 11.2 Å². The van der Waals surface area contributed by atoms with Crippen LogP contribution in [0.4, 0.5) is 0 Å². The molecular weight excluding hydrogens is 172 g/mol. The summed E-state index contributed by atoms with van der Waals surface area (Å²) < 4.78 is 0. The fourth-order valence-corrected chi connectivity index (χ4v) is 1.62. The Hall–Kier alpha value is -0.820. The molecule has 1 rings (SSSR count). The van der Waals surface area contributed by atoms with Gasteiger partial charge in [-0.25, -0.2) is 0 Å². The Morgan fingerprint density at radius 2 is 1.93 bits per heavy atom. The SMILES string of the molecule is [CH2]CCC(O)C(C)Cc1ccccc1. The minimum absolute atomic E-state index is 0.215. The van der Waals surface area contributed by atoms with Gasteiger partial charge in [-0.05, 0) is 24.3 Å². The Kier molecular flexibility index (Phi) is 4.68. The predicted molar refractivity (Wildman–Crippen MR) is 59.9 cm³/mol. The molecule has 14 heavy (non-hydrogen) atoms. The van der Waals surface area contributed by atoms with E-state index in [2.05, 4.69) is 26.0 Å². The summed E-state index contributed by atoms with van der Waals surface area (Å²) in [5.41, 5.74) is 1.29. The Morgan fingerprint density at radius 3 is 2.50 bits per heavy atom. The van der Waals surface area contributed by atoms with Crippen molar-refractivity contribution in [1.82, 2.24) is 0 Å². The van der Waals surface area contributed by atoms with Gasteiger partial charge in [0.15, 0.2) is 0 Å². The zero-order valence-corrected chi connectivity index (χ0v) is 8.82. The standard InChI is InChI=1S/C13H19O/c1-3-7-13(14)11(2)10-12-8-5-4-6-9-12/h4-6,8-9,11,13-14H,1,3,7,10H2,2H3. The molecule has 1 heteroatoms. The smallest absolute Gasteiger partial charge is 0.0568 e. The average molecular weight is 191 g/mol. The lowest BCUT2D eigenvalue weighted by Gasteiger charge is -2.17. The number of hydrogen-bond donors (Lipinski definition) is 1. The van der Waals surface area contributed by atoms with Crippen LogP contribution in [0.1, 0.15) is 25.3 Å². The first-order valence-corrected chi connectivity index (χ1v) is 5.25. The minimum atomic E-state index is -0.215. The summed E-state index contributed by atoms with van der Waals surface area (Å²) in [6, 6.07) is 10.3. The van der Waals surface area contributed by atoms with Crippen molar-refractivity contribution in [3.8, 4) is 0 Å². The minimum Gasteiger partial charge on any atom is -0.393 e. The van der Waals surface area contributed by atoms with E-state index in [-0.39, 0.29) is 6.10 Å². The molecule has 0 aromatic heterocycles. The largest absolute Gasteiger partial charge is 0.393 e. The molecule has 0 aliphatic carbocycles. The van der Waals surface area contributed by atoms with Crippen LogP contribution in [0.15, 0.2) is 30.3 Å². The Balaban J connectivity index is 2.44. The van der Waals surface area contributed by atoms with E-state index in [1.54, 1.807) is 0 Å². The molecule has 2 unspecified atom stereocenters. The third-order valence-corrected chi connectivity index (χ3v) is 2.56. The van der Waals surface area contributed by atoms with Crippen LogP contribution in [0.2, 0.25) is 0 Å². The quantitative estimate of drug-likeness (QED) is 0.758. The molecule has 0 bridgehead atoms. The molecule has 1 aromatic rings. The van der Waals surface area contributed by atoms with Gasteiger partial charge in [0.1, 0.15) is 0 Å². The molecule has 2 atom stereocenters. The lowest BCUT2D eigenvalue weighted by Crippen LogP contribution is -2.19. The molecule has 1 nitrogen and oxygen atoms in total. The van der Waals surface area contributed by atoms with Crippen LogP contribution in [0.25, 0.3) is 0 Å². The molecule has 1 N–H and O–H groups in total. The number of rotatable bonds is 5. The maximum absolute atomic E-state index is 9.74. The van der Waals surface area contributed by atoms with Crippen molar-refractivity contribution in [1.29, 1.82) is 0 Å². The summed E-state index contributed by atoms with van der Waals surface area (Å²) in [6.45, 7) is 5.85. The highest BCUT2D eigenvalue weighted by Gasteiger charge is 2.13. The average Bonchev–Trinajstić information content (AvgIpc) is 2.19. The van der Waals surface area contributed by atoms with Crippen molar-refractivity contribution >= 4 is 0 Å². The van der Waals surface area contributed by atoms with Gasteiger partial charge in [-0.2, -0.15) is 0 Å². The summed E-state index contributed by atoms with van der Waals surface area (Å²) in [6.07, 6.45) is 2.34. The molecule has 0 aliphatic heterocycles. The van der Waals surface area contributed by atoms with Crippen LogP contribution in [0, 0.1) is 12.8 Å². The summed E-state index contributed by atoms with van der Waals surface area (Å²) in [7, 11) is 0. The van der Waals surface area contributed by atoms with Crippen molar-refractivity contribution < 1.29 is 5.11 Å². The number of hydrogen-bond acceptors (Lipinski definition) is 1. The second-order valence-electron chi connectivity index (χ2n) is 3.88. The second kappa shape index (κ2) is 5.82. The first-order chi connectivity index (χ1) is 6.74. The van der Waals surface area contributed by atoms with E-state index < -0.39 is 0 Å². The fourth-order valence-electron chi connectivity index (χ4n) is 1.62. The second-order valence-corrected chi connectivity index (χ2v) is 3.88. The van der Waals surface area contributed by atoms with Gasteiger partial charge in [0.05, 0.1) is 6.10 Å². The summed E-state index contributed by atoms with van der Waals surface area (Å²) in [5, 5.41) is 9.74. The molecule has 0 aliphatic rings. The Bertz CT molecular complexity index is 243. The lowest BCUT2D eigenvalue weighted by molar-refractivity contribution is 0.108. The van der Waals surface area contributed by atoms with Crippen molar-refractivity contribution in [2.75, 3.05) is 0 Å². The first kappa shape index (κ1) is 11.3. The van der Waals surface area contributed by atoms with E-state index in [0.717, 1.165) is 19.3 Å². The third kappa shape index (κ3) is 3.51. The van der Waals surface area contributed by atoms with Crippen LogP contribution in [0.5, 0.6) is 0 Å². The van der Waals surface area contributed by atoms with E-state index in [1.807, 2.05) is 18.2 Å². The fraction of sp³-hybridized carbons (Fsp3) is 0.462. The van der Waals surface area contributed by atoms with Crippen LogP contribution < -0.4 is 0 Å². The molecule has 1 aromatic carbocycles. The zero-order valence-electron chi connectivity index (χ0n) is 8.82. The highest BCUT2D eigenvalue weighted by molar-refractivity contribution is 5.15. The third-order valence-electron chi connectivity index (χ3n) is 2.56. The van der Waals surface area contributed by atoms with Gasteiger partial charge in [-0.1, -0.05) is 50.6 Å². The number of aliphatic hydroxyl groups is 1. The van der Waals surface area contributed by atoms with Gasteiger partial charge in [0.25, 0.3) is 0 Å². The van der Waals surface area contributed by atoms with Gasteiger partial charge in [0, 0.05) is 0 Å². The molecule has 0 heterocycles. The summed E-state index contributed by atoms with van der Waals surface area (Å²) in [4.78, 5) is 0. The Morgan fingerprint density at radius 1 is 1.29 bits per heavy atom. The molecule has 77 valence electrons. The van der Waals surface area contributed by atoms with Crippen molar-refractivity contribution in [3.05, 3.63) is 42.8 Å². The maximum Gasteiger partial charge on any atom is 0.0568 e. The molecule has 0 saturated carbocycles. The van der Waals surface area contributed by atoms with Gasteiger partial charge >= 0.3 is 0 Å².